The predicted molar refractivity (Wildman–Crippen MR) is 95.7 cm³/mol. The Hall–Kier alpha value is -2.20. The summed E-state index contributed by atoms with van der Waals surface area (Å²) in [5.41, 5.74) is 3.27. The van der Waals surface area contributed by atoms with Crippen LogP contribution in [0.2, 0.25) is 0 Å². The number of hydrogen-bond donors (Lipinski definition) is 2. The summed E-state index contributed by atoms with van der Waals surface area (Å²) >= 11 is 1.67. The number of aromatic amines is 1. The molecule has 0 saturated heterocycles. The molecular weight excluding hydrogens is 306 g/mol. The molecule has 1 atom stereocenters. The number of H-pyrrole nitrogens is 1. The predicted octanol–water partition coefficient (Wildman–Crippen LogP) is 4.34. The maximum atomic E-state index is 11.5. The summed E-state index contributed by atoms with van der Waals surface area (Å²) in [6, 6.07) is 20.2. The van der Waals surface area contributed by atoms with E-state index in [0.29, 0.717) is 12.2 Å². The van der Waals surface area contributed by atoms with E-state index in [1.54, 1.807) is 11.8 Å². The van der Waals surface area contributed by atoms with E-state index >= 15 is 0 Å². The van der Waals surface area contributed by atoms with E-state index < -0.39 is 5.97 Å². The van der Waals surface area contributed by atoms with Crippen LogP contribution in [-0.4, -0.2) is 21.8 Å². The number of carboxylic acids is 1. The van der Waals surface area contributed by atoms with Crippen LogP contribution in [-0.2, 0) is 17.0 Å². The van der Waals surface area contributed by atoms with Crippen molar-refractivity contribution in [2.45, 2.75) is 12.2 Å². The van der Waals surface area contributed by atoms with Crippen molar-refractivity contribution in [2.24, 2.45) is 5.92 Å². The summed E-state index contributed by atoms with van der Waals surface area (Å²) in [4.78, 5) is 14.9. The number of carbonyl (C=O) groups is 1. The molecule has 2 aromatic carbocycles. The zero-order valence-corrected chi connectivity index (χ0v) is 13.6. The molecule has 4 heteroatoms. The molecule has 23 heavy (non-hydrogen) atoms. The highest BCUT2D eigenvalue weighted by Gasteiger charge is 2.19. The number of aliphatic carboxylic acids is 1. The molecular formula is C19H19NO2S. The Morgan fingerprint density at radius 2 is 1.83 bits per heavy atom. The van der Waals surface area contributed by atoms with Gasteiger partial charge in [-0.3, -0.25) is 4.79 Å². The molecule has 3 nitrogen and oxygen atoms in total. The third kappa shape index (κ3) is 4.17. The number of rotatable bonds is 7. The van der Waals surface area contributed by atoms with Gasteiger partial charge in [-0.25, -0.2) is 0 Å². The van der Waals surface area contributed by atoms with Crippen LogP contribution in [0.25, 0.3) is 10.9 Å². The maximum absolute atomic E-state index is 11.5. The van der Waals surface area contributed by atoms with Gasteiger partial charge in [-0.05, 0) is 23.1 Å². The fraction of sp³-hybridized carbons (Fsp3) is 0.211. The third-order valence-corrected chi connectivity index (χ3v) is 5.01. The van der Waals surface area contributed by atoms with Crippen LogP contribution in [0.15, 0.2) is 60.7 Å². The molecule has 0 amide bonds. The minimum Gasteiger partial charge on any atom is -0.481 e. The molecule has 0 saturated carbocycles. The first-order chi connectivity index (χ1) is 11.2. The molecule has 3 aromatic rings. The van der Waals surface area contributed by atoms with Crippen LogP contribution in [0.4, 0.5) is 0 Å². The van der Waals surface area contributed by atoms with Crippen LogP contribution >= 0.6 is 11.8 Å². The fourth-order valence-corrected chi connectivity index (χ4v) is 3.71. The molecule has 118 valence electrons. The first kappa shape index (κ1) is 15.7. The molecule has 2 N–H and O–H groups in total. The van der Waals surface area contributed by atoms with Crippen LogP contribution in [0.3, 0.4) is 0 Å². The van der Waals surface area contributed by atoms with Crippen LogP contribution in [0.1, 0.15) is 11.3 Å². The highest BCUT2D eigenvalue weighted by molar-refractivity contribution is 7.98. The number of hydrogen-bond acceptors (Lipinski definition) is 2. The van der Waals surface area contributed by atoms with Crippen molar-refractivity contribution in [2.75, 3.05) is 5.75 Å². The van der Waals surface area contributed by atoms with Gasteiger partial charge in [-0.15, -0.1) is 0 Å². The van der Waals surface area contributed by atoms with Crippen molar-refractivity contribution in [1.29, 1.82) is 0 Å². The van der Waals surface area contributed by atoms with Crippen LogP contribution < -0.4 is 0 Å². The van der Waals surface area contributed by atoms with Gasteiger partial charge in [0.1, 0.15) is 0 Å². The van der Waals surface area contributed by atoms with Gasteiger partial charge < -0.3 is 10.1 Å². The van der Waals surface area contributed by atoms with E-state index in [0.717, 1.165) is 22.3 Å². The lowest BCUT2D eigenvalue weighted by molar-refractivity contribution is -0.140. The summed E-state index contributed by atoms with van der Waals surface area (Å²) in [6.07, 6.45) is 0.534. The second-order valence-electron chi connectivity index (χ2n) is 5.62. The molecule has 1 heterocycles. The Morgan fingerprint density at radius 3 is 2.57 bits per heavy atom. The first-order valence-electron chi connectivity index (χ1n) is 7.63. The van der Waals surface area contributed by atoms with Crippen molar-refractivity contribution in [3.05, 3.63) is 71.9 Å². The van der Waals surface area contributed by atoms with Gasteiger partial charge in [0.2, 0.25) is 0 Å². The molecule has 0 radical (unpaired) electrons. The molecule has 0 spiro atoms. The first-order valence-corrected chi connectivity index (χ1v) is 8.79. The molecule has 1 unspecified atom stereocenters. The molecule has 0 aliphatic carbocycles. The molecule has 0 fully saturated rings. The Morgan fingerprint density at radius 1 is 1.09 bits per heavy atom. The monoisotopic (exact) mass is 325 g/mol. The van der Waals surface area contributed by atoms with Gasteiger partial charge in [0, 0.05) is 29.1 Å². The smallest absolute Gasteiger partial charge is 0.307 e. The zero-order chi connectivity index (χ0) is 16.1. The SMILES string of the molecule is O=C(O)C(CSCc1ccccc1)Cc1cc2ccccc2[nH]1. The Labute approximate surface area is 139 Å². The van der Waals surface area contributed by atoms with Crippen molar-refractivity contribution in [3.63, 3.8) is 0 Å². The van der Waals surface area contributed by atoms with Gasteiger partial charge in [0.15, 0.2) is 0 Å². The van der Waals surface area contributed by atoms with Gasteiger partial charge in [-0.2, -0.15) is 11.8 Å². The highest BCUT2D eigenvalue weighted by Crippen LogP contribution is 2.21. The Bertz CT molecular complexity index is 749. The lowest BCUT2D eigenvalue weighted by Crippen LogP contribution is -2.19. The average molecular weight is 325 g/mol. The number of fused-ring (bicyclic) bond motifs is 1. The van der Waals surface area contributed by atoms with Crippen LogP contribution in [0.5, 0.6) is 0 Å². The number of carboxylic acid groups (broad SMARTS) is 1. The second-order valence-corrected chi connectivity index (χ2v) is 6.65. The number of benzene rings is 2. The molecule has 0 aliphatic rings. The minimum atomic E-state index is -0.732. The fourth-order valence-electron chi connectivity index (χ4n) is 2.62. The molecule has 0 bridgehead atoms. The Balaban J connectivity index is 1.61. The van der Waals surface area contributed by atoms with Gasteiger partial charge in [0.25, 0.3) is 0 Å². The molecule has 3 rings (SSSR count). The second kappa shape index (κ2) is 7.38. The summed E-state index contributed by atoms with van der Waals surface area (Å²) in [5.74, 6) is 0.345. The van der Waals surface area contributed by atoms with Crippen molar-refractivity contribution < 1.29 is 9.90 Å². The van der Waals surface area contributed by atoms with E-state index in [9.17, 15) is 9.90 Å². The number of aromatic nitrogens is 1. The van der Waals surface area contributed by atoms with E-state index in [4.69, 9.17) is 0 Å². The number of nitrogens with one attached hydrogen (secondary N) is 1. The molecule has 1 aromatic heterocycles. The number of thioether (sulfide) groups is 1. The van der Waals surface area contributed by atoms with Crippen molar-refractivity contribution in [1.82, 2.24) is 4.98 Å². The number of para-hydroxylation sites is 1. The lowest BCUT2D eigenvalue weighted by Gasteiger charge is -2.11. The van der Waals surface area contributed by atoms with Gasteiger partial charge in [0.05, 0.1) is 5.92 Å². The molecule has 0 aliphatic heterocycles. The van der Waals surface area contributed by atoms with Crippen LogP contribution in [0, 0.1) is 5.92 Å². The van der Waals surface area contributed by atoms with Gasteiger partial charge >= 0.3 is 5.97 Å². The Kier molecular flexibility index (Phi) is 5.03. The highest BCUT2D eigenvalue weighted by atomic mass is 32.2. The minimum absolute atomic E-state index is 0.378. The van der Waals surface area contributed by atoms with Crippen molar-refractivity contribution >= 4 is 28.6 Å². The van der Waals surface area contributed by atoms with E-state index in [2.05, 4.69) is 17.1 Å². The summed E-state index contributed by atoms with van der Waals surface area (Å²) in [6.45, 7) is 0. The topological polar surface area (TPSA) is 53.1 Å². The summed E-state index contributed by atoms with van der Waals surface area (Å²) < 4.78 is 0. The normalized spacial score (nSPS) is 12.3. The maximum Gasteiger partial charge on any atom is 0.307 e. The standard InChI is InChI=1S/C19H19NO2S/c21-19(22)16(13-23-12-14-6-2-1-3-7-14)11-17-10-15-8-4-5-9-18(15)20-17/h1-10,16,20H,11-13H2,(H,21,22). The van der Waals surface area contributed by atoms with E-state index in [1.165, 1.54) is 5.56 Å². The lowest BCUT2D eigenvalue weighted by atomic mass is 10.1. The zero-order valence-electron chi connectivity index (χ0n) is 12.7. The van der Waals surface area contributed by atoms with E-state index in [-0.39, 0.29) is 5.92 Å². The van der Waals surface area contributed by atoms with Gasteiger partial charge in [-0.1, -0.05) is 48.5 Å². The average Bonchev–Trinajstić information content (AvgIpc) is 2.97. The summed E-state index contributed by atoms with van der Waals surface area (Å²) in [5, 5.41) is 10.6. The summed E-state index contributed by atoms with van der Waals surface area (Å²) in [7, 11) is 0. The third-order valence-electron chi connectivity index (χ3n) is 3.83. The quantitative estimate of drug-likeness (QED) is 0.679. The van der Waals surface area contributed by atoms with E-state index in [1.807, 2.05) is 48.5 Å². The van der Waals surface area contributed by atoms with Crippen molar-refractivity contribution in [3.8, 4) is 0 Å². The largest absolute Gasteiger partial charge is 0.481 e.